The highest BCUT2D eigenvalue weighted by atomic mass is 16.5. The SMILES string of the molecule is COCCN1CC[C@]2(CCCN(C(=O)c3cc(C)[nH]n3)CC2)C1=O. The molecule has 1 aromatic heterocycles. The number of amides is 2. The molecule has 3 heterocycles. The molecule has 7 heteroatoms. The molecule has 2 aliphatic rings. The van der Waals surface area contributed by atoms with E-state index in [0.717, 1.165) is 37.9 Å². The van der Waals surface area contributed by atoms with Gasteiger partial charge in [-0.1, -0.05) is 0 Å². The second-order valence-electron chi connectivity index (χ2n) is 6.90. The van der Waals surface area contributed by atoms with Gasteiger partial charge >= 0.3 is 0 Å². The van der Waals surface area contributed by atoms with Gasteiger partial charge in [-0.3, -0.25) is 14.7 Å². The van der Waals surface area contributed by atoms with Crippen molar-refractivity contribution in [2.45, 2.75) is 32.6 Å². The first kappa shape index (κ1) is 17.0. The molecule has 1 aromatic rings. The molecule has 1 atom stereocenters. The molecule has 0 bridgehead atoms. The number of likely N-dealkylation sites (tertiary alicyclic amines) is 2. The van der Waals surface area contributed by atoms with E-state index >= 15 is 0 Å². The van der Waals surface area contributed by atoms with Crippen molar-refractivity contribution >= 4 is 11.8 Å². The lowest BCUT2D eigenvalue weighted by Crippen LogP contribution is -2.37. The summed E-state index contributed by atoms with van der Waals surface area (Å²) in [6.07, 6.45) is 3.35. The lowest BCUT2D eigenvalue weighted by atomic mass is 9.79. The molecule has 0 radical (unpaired) electrons. The molecule has 1 N–H and O–H groups in total. The number of aryl methyl sites for hydroxylation is 1. The molecule has 0 unspecified atom stereocenters. The third-order valence-electron chi connectivity index (χ3n) is 5.32. The van der Waals surface area contributed by atoms with E-state index in [2.05, 4.69) is 10.2 Å². The minimum Gasteiger partial charge on any atom is -0.383 e. The van der Waals surface area contributed by atoms with Crippen molar-refractivity contribution in [2.24, 2.45) is 5.41 Å². The average Bonchev–Trinajstić information content (AvgIpc) is 3.05. The fourth-order valence-corrected chi connectivity index (χ4v) is 3.86. The second kappa shape index (κ2) is 6.93. The molecule has 2 saturated heterocycles. The molecule has 2 amide bonds. The maximum atomic E-state index is 12.8. The van der Waals surface area contributed by atoms with Gasteiger partial charge in [-0.15, -0.1) is 0 Å². The molecule has 0 saturated carbocycles. The normalized spacial score (nSPS) is 24.7. The van der Waals surface area contributed by atoms with E-state index in [9.17, 15) is 9.59 Å². The van der Waals surface area contributed by atoms with Crippen LogP contribution in [0.5, 0.6) is 0 Å². The van der Waals surface area contributed by atoms with Gasteiger partial charge in [-0.05, 0) is 38.7 Å². The quantitative estimate of drug-likeness (QED) is 0.898. The number of carbonyl (C=O) groups is 2. The minimum atomic E-state index is -0.287. The lowest BCUT2D eigenvalue weighted by Gasteiger charge is -2.26. The summed E-state index contributed by atoms with van der Waals surface area (Å²) in [5.41, 5.74) is 1.05. The summed E-state index contributed by atoms with van der Waals surface area (Å²) in [6.45, 7) is 5.23. The van der Waals surface area contributed by atoms with Gasteiger partial charge in [0.2, 0.25) is 5.91 Å². The fourth-order valence-electron chi connectivity index (χ4n) is 3.86. The zero-order chi connectivity index (χ0) is 17.2. The Hall–Kier alpha value is -1.89. The van der Waals surface area contributed by atoms with Gasteiger partial charge in [0.1, 0.15) is 5.69 Å². The molecule has 1 spiro atoms. The monoisotopic (exact) mass is 334 g/mol. The van der Waals surface area contributed by atoms with E-state index in [1.165, 1.54) is 0 Å². The van der Waals surface area contributed by atoms with Gasteiger partial charge in [-0.2, -0.15) is 5.10 Å². The van der Waals surface area contributed by atoms with E-state index in [4.69, 9.17) is 4.74 Å². The third kappa shape index (κ3) is 3.17. The molecule has 24 heavy (non-hydrogen) atoms. The molecule has 2 fully saturated rings. The number of ether oxygens (including phenoxy) is 1. The molecule has 2 aliphatic heterocycles. The number of nitrogens with one attached hydrogen (secondary N) is 1. The Balaban J connectivity index is 1.65. The highest BCUT2D eigenvalue weighted by molar-refractivity contribution is 5.92. The molecular formula is C17H26N4O3. The van der Waals surface area contributed by atoms with Crippen molar-refractivity contribution in [1.29, 1.82) is 0 Å². The maximum absolute atomic E-state index is 12.8. The molecular weight excluding hydrogens is 308 g/mol. The van der Waals surface area contributed by atoms with Crippen LogP contribution in [0.25, 0.3) is 0 Å². The smallest absolute Gasteiger partial charge is 0.274 e. The van der Waals surface area contributed by atoms with Crippen molar-refractivity contribution in [3.8, 4) is 0 Å². The summed E-state index contributed by atoms with van der Waals surface area (Å²) in [7, 11) is 1.65. The number of hydrogen-bond donors (Lipinski definition) is 1. The average molecular weight is 334 g/mol. The van der Waals surface area contributed by atoms with Crippen molar-refractivity contribution in [2.75, 3.05) is 39.9 Å². The van der Waals surface area contributed by atoms with Crippen LogP contribution in [0.1, 0.15) is 41.9 Å². The molecule has 0 aromatic carbocycles. The summed E-state index contributed by atoms with van der Waals surface area (Å²) in [6, 6.07) is 1.77. The fraction of sp³-hybridized carbons (Fsp3) is 0.706. The van der Waals surface area contributed by atoms with Gasteiger partial charge in [0, 0.05) is 39.0 Å². The molecule has 132 valence electrons. The van der Waals surface area contributed by atoms with Crippen LogP contribution in [0.3, 0.4) is 0 Å². The van der Waals surface area contributed by atoms with Crippen molar-refractivity contribution in [3.05, 3.63) is 17.5 Å². The number of methoxy groups -OCH3 is 1. The minimum absolute atomic E-state index is 0.0434. The highest BCUT2D eigenvalue weighted by Gasteiger charge is 2.47. The summed E-state index contributed by atoms with van der Waals surface area (Å²) in [5.74, 6) is 0.197. The summed E-state index contributed by atoms with van der Waals surface area (Å²) in [4.78, 5) is 29.2. The first-order chi connectivity index (χ1) is 11.6. The number of nitrogens with zero attached hydrogens (tertiary/aromatic N) is 3. The summed E-state index contributed by atoms with van der Waals surface area (Å²) < 4.78 is 5.10. The highest BCUT2D eigenvalue weighted by Crippen LogP contribution is 2.41. The Morgan fingerprint density at radius 1 is 1.33 bits per heavy atom. The van der Waals surface area contributed by atoms with Crippen molar-refractivity contribution in [1.82, 2.24) is 20.0 Å². The van der Waals surface area contributed by atoms with Crippen LogP contribution in [0.2, 0.25) is 0 Å². The topological polar surface area (TPSA) is 78.5 Å². The van der Waals surface area contributed by atoms with Crippen LogP contribution in [0.15, 0.2) is 6.07 Å². The largest absolute Gasteiger partial charge is 0.383 e. The third-order valence-corrected chi connectivity index (χ3v) is 5.32. The van der Waals surface area contributed by atoms with E-state index in [-0.39, 0.29) is 17.2 Å². The number of carbonyl (C=O) groups excluding carboxylic acids is 2. The van der Waals surface area contributed by atoms with Gasteiger partial charge in [-0.25, -0.2) is 0 Å². The Labute approximate surface area is 142 Å². The molecule has 3 rings (SSSR count). The second-order valence-corrected chi connectivity index (χ2v) is 6.90. The van der Waals surface area contributed by atoms with Crippen LogP contribution >= 0.6 is 0 Å². The first-order valence-corrected chi connectivity index (χ1v) is 8.65. The van der Waals surface area contributed by atoms with E-state index in [1.54, 1.807) is 13.2 Å². The van der Waals surface area contributed by atoms with Gasteiger partial charge in [0.05, 0.1) is 12.0 Å². The number of hydrogen-bond acceptors (Lipinski definition) is 4. The zero-order valence-electron chi connectivity index (χ0n) is 14.5. The Morgan fingerprint density at radius 3 is 2.83 bits per heavy atom. The number of aromatic amines is 1. The predicted octanol–water partition coefficient (Wildman–Crippen LogP) is 1.21. The van der Waals surface area contributed by atoms with E-state index in [1.807, 2.05) is 16.7 Å². The summed E-state index contributed by atoms with van der Waals surface area (Å²) >= 11 is 0. The lowest BCUT2D eigenvalue weighted by molar-refractivity contribution is -0.137. The first-order valence-electron chi connectivity index (χ1n) is 8.65. The van der Waals surface area contributed by atoms with Crippen LogP contribution in [-0.2, 0) is 9.53 Å². The Kier molecular flexibility index (Phi) is 4.89. The summed E-state index contributed by atoms with van der Waals surface area (Å²) in [5, 5.41) is 6.88. The number of rotatable bonds is 4. The van der Waals surface area contributed by atoms with Gasteiger partial charge < -0.3 is 14.5 Å². The van der Waals surface area contributed by atoms with Crippen LogP contribution in [0.4, 0.5) is 0 Å². The van der Waals surface area contributed by atoms with Gasteiger partial charge in [0.15, 0.2) is 0 Å². The standard InChI is InChI=1S/C17H26N4O3/c1-13-12-14(19-18-13)15(22)20-7-3-4-17(5-8-20)6-9-21(16(17)23)10-11-24-2/h12H,3-11H2,1-2H3,(H,18,19)/t17-/m1/s1. The van der Waals surface area contributed by atoms with E-state index < -0.39 is 0 Å². The van der Waals surface area contributed by atoms with Gasteiger partial charge in [0.25, 0.3) is 5.91 Å². The van der Waals surface area contributed by atoms with Crippen LogP contribution < -0.4 is 0 Å². The van der Waals surface area contributed by atoms with Crippen LogP contribution in [-0.4, -0.2) is 71.7 Å². The predicted molar refractivity (Wildman–Crippen MR) is 88.6 cm³/mol. The van der Waals surface area contributed by atoms with Crippen molar-refractivity contribution < 1.29 is 14.3 Å². The molecule has 7 nitrogen and oxygen atoms in total. The number of H-pyrrole nitrogens is 1. The zero-order valence-corrected chi connectivity index (χ0v) is 14.5. The molecule has 0 aliphatic carbocycles. The van der Waals surface area contributed by atoms with Crippen LogP contribution in [0, 0.1) is 12.3 Å². The van der Waals surface area contributed by atoms with Crippen molar-refractivity contribution in [3.63, 3.8) is 0 Å². The number of aromatic nitrogens is 2. The Bertz CT molecular complexity index is 615. The van der Waals surface area contributed by atoms with E-state index in [0.29, 0.717) is 31.9 Å². The maximum Gasteiger partial charge on any atom is 0.274 e. The Morgan fingerprint density at radius 2 is 2.12 bits per heavy atom.